The molecule has 1 unspecified atom stereocenters. The number of amides is 1. The van der Waals surface area contributed by atoms with Crippen LogP contribution in [0.2, 0.25) is 0 Å². The normalized spacial score (nSPS) is 13.3. The molecule has 0 saturated carbocycles. The summed E-state index contributed by atoms with van der Waals surface area (Å²) >= 11 is 0. The van der Waals surface area contributed by atoms with Gasteiger partial charge in [0.2, 0.25) is 5.91 Å². The molecule has 2 N–H and O–H groups in total. The number of hydrogen-bond acceptors (Lipinski definition) is 2. The van der Waals surface area contributed by atoms with E-state index in [1.165, 1.54) is 19.3 Å². The van der Waals surface area contributed by atoms with Crippen LogP contribution >= 0.6 is 0 Å². The van der Waals surface area contributed by atoms with Crippen molar-refractivity contribution in [3.8, 4) is 0 Å². The minimum absolute atomic E-state index is 0.118. The summed E-state index contributed by atoms with van der Waals surface area (Å²) in [5, 5.41) is 12.5. The van der Waals surface area contributed by atoms with Gasteiger partial charge in [0.1, 0.15) is 0 Å². The first kappa shape index (κ1) is 18.4. The molecule has 0 aromatic rings. The second kappa shape index (κ2) is 10.2. The van der Waals surface area contributed by atoms with E-state index in [4.69, 9.17) is 0 Å². The van der Waals surface area contributed by atoms with Crippen LogP contribution in [0, 0.1) is 5.92 Å². The molecule has 1 amide bonds. The number of rotatable bonds is 11. The Bertz CT molecular complexity index is 233. The van der Waals surface area contributed by atoms with Crippen molar-refractivity contribution < 1.29 is 9.90 Å². The molecule has 0 aliphatic heterocycles. The van der Waals surface area contributed by atoms with Crippen molar-refractivity contribution in [3.63, 3.8) is 0 Å². The molecular weight excluding hydrogens is 238 g/mol. The molecule has 0 aromatic heterocycles. The first-order chi connectivity index (χ1) is 8.90. The zero-order valence-electron chi connectivity index (χ0n) is 13.3. The largest absolute Gasteiger partial charge is 0.389 e. The molecule has 0 spiro atoms. The van der Waals surface area contributed by atoms with Gasteiger partial charge < -0.3 is 10.4 Å². The van der Waals surface area contributed by atoms with Crippen molar-refractivity contribution in [2.75, 3.05) is 6.54 Å². The molecule has 0 fully saturated rings. The third kappa shape index (κ3) is 11.0. The summed E-state index contributed by atoms with van der Waals surface area (Å²) in [5.41, 5.74) is -0.826. The van der Waals surface area contributed by atoms with Crippen molar-refractivity contribution in [1.82, 2.24) is 5.32 Å². The minimum atomic E-state index is -0.826. The van der Waals surface area contributed by atoms with Gasteiger partial charge in [-0.1, -0.05) is 52.4 Å². The summed E-state index contributed by atoms with van der Waals surface area (Å²) in [4.78, 5) is 12.1. The second-order valence-corrected chi connectivity index (χ2v) is 6.22. The van der Waals surface area contributed by atoms with Crippen LogP contribution in [-0.2, 0) is 4.79 Å². The van der Waals surface area contributed by atoms with E-state index in [1.54, 1.807) is 13.8 Å². The Morgan fingerprint density at radius 3 is 2.16 bits per heavy atom. The van der Waals surface area contributed by atoms with Gasteiger partial charge >= 0.3 is 0 Å². The van der Waals surface area contributed by atoms with E-state index in [9.17, 15) is 9.90 Å². The van der Waals surface area contributed by atoms with Crippen LogP contribution in [0.4, 0.5) is 0 Å². The maximum Gasteiger partial charge on any atom is 0.223 e. The lowest BCUT2D eigenvalue weighted by Crippen LogP contribution is -2.41. The standard InChI is InChI=1S/C16H33NO2/c1-5-7-9-10-12-14(11-8-6-2)15(18)17-13-16(3,4)19/h14,19H,5-13H2,1-4H3,(H,17,18). The number of carbonyl (C=O) groups excluding carboxylic acids is 1. The molecule has 19 heavy (non-hydrogen) atoms. The highest BCUT2D eigenvalue weighted by atomic mass is 16.3. The Labute approximate surface area is 119 Å². The average molecular weight is 271 g/mol. The Morgan fingerprint density at radius 1 is 1.05 bits per heavy atom. The van der Waals surface area contributed by atoms with Crippen molar-refractivity contribution in [1.29, 1.82) is 0 Å². The molecule has 0 aliphatic carbocycles. The monoisotopic (exact) mass is 271 g/mol. The van der Waals surface area contributed by atoms with Crippen LogP contribution in [0.3, 0.4) is 0 Å². The zero-order valence-corrected chi connectivity index (χ0v) is 13.3. The lowest BCUT2D eigenvalue weighted by Gasteiger charge is -2.21. The zero-order chi connectivity index (χ0) is 14.7. The van der Waals surface area contributed by atoms with Gasteiger partial charge in [-0.05, 0) is 26.7 Å². The number of unbranched alkanes of at least 4 members (excludes halogenated alkanes) is 4. The van der Waals surface area contributed by atoms with Crippen LogP contribution in [0.15, 0.2) is 0 Å². The number of nitrogens with one attached hydrogen (secondary N) is 1. The van der Waals surface area contributed by atoms with E-state index in [0.29, 0.717) is 6.54 Å². The third-order valence-corrected chi connectivity index (χ3v) is 3.38. The maximum atomic E-state index is 12.1. The van der Waals surface area contributed by atoms with Gasteiger partial charge in [0.25, 0.3) is 0 Å². The summed E-state index contributed by atoms with van der Waals surface area (Å²) in [6, 6.07) is 0. The highest BCUT2D eigenvalue weighted by Crippen LogP contribution is 2.18. The van der Waals surface area contributed by atoms with Gasteiger partial charge in [0, 0.05) is 12.5 Å². The van der Waals surface area contributed by atoms with Crippen molar-refractivity contribution in [3.05, 3.63) is 0 Å². The molecule has 0 rings (SSSR count). The molecule has 0 heterocycles. The molecule has 0 radical (unpaired) electrons. The van der Waals surface area contributed by atoms with Gasteiger partial charge in [-0.3, -0.25) is 4.79 Å². The fourth-order valence-corrected chi connectivity index (χ4v) is 2.12. The fraction of sp³-hybridized carbons (Fsp3) is 0.938. The second-order valence-electron chi connectivity index (χ2n) is 6.22. The molecule has 1 atom stereocenters. The van der Waals surface area contributed by atoms with Gasteiger partial charge in [0.15, 0.2) is 0 Å². The predicted molar refractivity (Wildman–Crippen MR) is 81.1 cm³/mol. The van der Waals surface area contributed by atoms with Crippen LogP contribution in [0.1, 0.15) is 79.1 Å². The van der Waals surface area contributed by atoms with Crippen molar-refractivity contribution >= 4 is 5.91 Å². The topological polar surface area (TPSA) is 49.3 Å². The summed E-state index contributed by atoms with van der Waals surface area (Å²) in [6.07, 6.45) is 9.03. The Morgan fingerprint density at radius 2 is 1.63 bits per heavy atom. The van der Waals surface area contributed by atoms with E-state index in [0.717, 1.165) is 32.1 Å². The van der Waals surface area contributed by atoms with Crippen molar-refractivity contribution in [2.24, 2.45) is 5.92 Å². The van der Waals surface area contributed by atoms with E-state index in [1.807, 2.05) is 0 Å². The molecule has 0 saturated heterocycles. The highest BCUT2D eigenvalue weighted by Gasteiger charge is 2.20. The smallest absolute Gasteiger partial charge is 0.223 e. The van der Waals surface area contributed by atoms with E-state index >= 15 is 0 Å². The number of carbonyl (C=O) groups is 1. The summed E-state index contributed by atoms with van der Waals surface area (Å²) in [5.74, 6) is 0.242. The molecule has 3 nitrogen and oxygen atoms in total. The van der Waals surface area contributed by atoms with Crippen LogP contribution in [-0.4, -0.2) is 23.2 Å². The third-order valence-electron chi connectivity index (χ3n) is 3.38. The average Bonchev–Trinajstić information content (AvgIpc) is 2.34. The molecular formula is C16H33NO2. The highest BCUT2D eigenvalue weighted by molar-refractivity contribution is 5.78. The van der Waals surface area contributed by atoms with E-state index < -0.39 is 5.60 Å². The fourth-order valence-electron chi connectivity index (χ4n) is 2.12. The van der Waals surface area contributed by atoms with Gasteiger partial charge in [-0.25, -0.2) is 0 Å². The predicted octanol–water partition coefficient (Wildman–Crippen LogP) is 3.65. The van der Waals surface area contributed by atoms with Crippen molar-refractivity contribution in [2.45, 2.75) is 84.7 Å². The summed E-state index contributed by atoms with van der Waals surface area (Å²) in [7, 11) is 0. The Balaban J connectivity index is 4.11. The first-order valence-electron chi connectivity index (χ1n) is 7.90. The van der Waals surface area contributed by atoms with Crippen LogP contribution in [0.5, 0.6) is 0 Å². The van der Waals surface area contributed by atoms with Gasteiger partial charge in [0.05, 0.1) is 5.60 Å². The molecule has 3 heteroatoms. The van der Waals surface area contributed by atoms with Gasteiger partial charge in [-0.2, -0.15) is 0 Å². The van der Waals surface area contributed by atoms with Gasteiger partial charge in [-0.15, -0.1) is 0 Å². The number of aliphatic hydroxyl groups is 1. The Hall–Kier alpha value is -0.570. The summed E-state index contributed by atoms with van der Waals surface area (Å²) < 4.78 is 0. The molecule has 0 bridgehead atoms. The Kier molecular flexibility index (Phi) is 9.94. The minimum Gasteiger partial charge on any atom is -0.389 e. The number of hydrogen-bond donors (Lipinski definition) is 2. The van der Waals surface area contributed by atoms with E-state index in [-0.39, 0.29) is 11.8 Å². The maximum absolute atomic E-state index is 12.1. The molecule has 0 aromatic carbocycles. The van der Waals surface area contributed by atoms with E-state index in [2.05, 4.69) is 19.2 Å². The quantitative estimate of drug-likeness (QED) is 0.564. The summed E-state index contributed by atoms with van der Waals surface area (Å²) in [6.45, 7) is 8.13. The lowest BCUT2D eigenvalue weighted by molar-refractivity contribution is -0.126. The van der Waals surface area contributed by atoms with Crippen LogP contribution in [0.25, 0.3) is 0 Å². The molecule has 114 valence electrons. The first-order valence-corrected chi connectivity index (χ1v) is 7.90. The van der Waals surface area contributed by atoms with Crippen LogP contribution < -0.4 is 5.32 Å². The lowest BCUT2D eigenvalue weighted by atomic mass is 9.94. The molecule has 0 aliphatic rings. The SMILES string of the molecule is CCCCCCC(CCCC)C(=O)NCC(C)(C)O.